The van der Waals surface area contributed by atoms with Crippen LogP contribution in [0.3, 0.4) is 0 Å². The Morgan fingerprint density at radius 1 is 1.32 bits per heavy atom. The maximum absolute atomic E-state index is 11.5. The second-order valence-electron chi connectivity index (χ2n) is 5.82. The number of aliphatic carboxylic acids is 1. The lowest BCUT2D eigenvalue weighted by molar-refractivity contribution is -0.236. The summed E-state index contributed by atoms with van der Waals surface area (Å²) in [5.41, 5.74) is -2.03. The molecule has 0 spiro atoms. The second kappa shape index (κ2) is 8.54. The van der Waals surface area contributed by atoms with Gasteiger partial charge in [0.05, 0.1) is 12.1 Å². The summed E-state index contributed by atoms with van der Waals surface area (Å²) in [6.45, 7) is 1.71. The highest BCUT2D eigenvalue weighted by Gasteiger charge is 2.54. The van der Waals surface area contributed by atoms with Gasteiger partial charge < -0.3 is 35.2 Å². The van der Waals surface area contributed by atoms with Crippen molar-refractivity contribution in [2.24, 2.45) is 0 Å². The summed E-state index contributed by atoms with van der Waals surface area (Å²) in [4.78, 5) is 33.7. The molecule has 0 aromatic heterocycles. The molecule has 11 nitrogen and oxygen atoms in total. The highest BCUT2D eigenvalue weighted by molar-refractivity contribution is 5.77. The summed E-state index contributed by atoms with van der Waals surface area (Å²) in [6.07, 6.45) is -6.66. The molecular weight excluding hydrogens is 340 g/mol. The molecular formula is C14H24N2O9. The fourth-order valence-corrected chi connectivity index (χ4v) is 2.62. The van der Waals surface area contributed by atoms with Crippen LogP contribution in [0.15, 0.2) is 0 Å². The number of nitrogens with one attached hydrogen (secondary N) is 2. The number of aliphatic hydroxyl groups is 3. The minimum Gasteiger partial charge on any atom is -0.478 e. The number of aliphatic hydroxyl groups excluding tert-OH is 3. The molecule has 6 atom stereocenters. The van der Waals surface area contributed by atoms with Gasteiger partial charge in [-0.15, -0.1) is 0 Å². The number of amides is 1. The van der Waals surface area contributed by atoms with E-state index >= 15 is 0 Å². The van der Waals surface area contributed by atoms with E-state index in [2.05, 4.69) is 15.4 Å². The minimum absolute atomic E-state index is 0.410. The van der Waals surface area contributed by atoms with Gasteiger partial charge in [-0.05, 0) is 7.05 Å². The van der Waals surface area contributed by atoms with Crippen LogP contribution in [0.4, 0.5) is 0 Å². The number of hydrogen-bond donors (Lipinski definition) is 6. The van der Waals surface area contributed by atoms with Crippen molar-refractivity contribution < 1.29 is 44.3 Å². The predicted molar refractivity (Wildman–Crippen MR) is 81.2 cm³/mol. The zero-order chi connectivity index (χ0) is 19.4. The fraction of sp³-hybridized carbons (Fsp3) is 0.786. The Hall–Kier alpha value is -1.79. The number of carboxylic acid groups (broad SMARTS) is 1. The smallest absolute Gasteiger partial charge is 0.351 e. The molecule has 1 aliphatic rings. The maximum Gasteiger partial charge on any atom is 0.351 e. The Morgan fingerprint density at radius 2 is 1.92 bits per heavy atom. The second-order valence-corrected chi connectivity index (χ2v) is 5.82. The Labute approximate surface area is 143 Å². The Kier molecular flexibility index (Phi) is 7.26. The Bertz CT molecular complexity index is 515. The standard InChI is InChI=1S/C14H24N2O9/c1-6(17)16-10-8(19)4-14(15-3,13(22)23)25-12(10)11(21)9(20)5-24-7(2)18/h8-12,15,19-21H,4-5H2,1-3H3,(H,16,17)(H,22,23). The largest absolute Gasteiger partial charge is 0.478 e. The molecule has 0 saturated carbocycles. The molecule has 6 N–H and O–H groups in total. The van der Waals surface area contributed by atoms with E-state index < -0.39 is 67.1 Å². The van der Waals surface area contributed by atoms with E-state index in [1.807, 2.05) is 0 Å². The van der Waals surface area contributed by atoms with Crippen molar-refractivity contribution in [3.63, 3.8) is 0 Å². The molecule has 0 aromatic rings. The van der Waals surface area contributed by atoms with Gasteiger partial charge in [0.15, 0.2) is 0 Å². The van der Waals surface area contributed by atoms with E-state index in [1.54, 1.807) is 0 Å². The molecule has 0 bridgehead atoms. The van der Waals surface area contributed by atoms with Crippen molar-refractivity contribution in [1.29, 1.82) is 0 Å². The van der Waals surface area contributed by atoms with Crippen LogP contribution in [0, 0.1) is 0 Å². The van der Waals surface area contributed by atoms with Gasteiger partial charge in [0.2, 0.25) is 11.6 Å². The van der Waals surface area contributed by atoms with Gasteiger partial charge in [-0.2, -0.15) is 0 Å². The molecule has 1 fully saturated rings. The summed E-state index contributed by atoms with van der Waals surface area (Å²) < 4.78 is 10.0. The van der Waals surface area contributed by atoms with E-state index in [-0.39, 0.29) is 0 Å². The normalized spacial score (nSPS) is 31.7. The molecule has 0 radical (unpaired) electrons. The fourth-order valence-electron chi connectivity index (χ4n) is 2.62. The van der Waals surface area contributed by atoms with Gasteiger partial charge in [-0.1, -0.05) is 0 Å². The third-order valence-corrected chi connectivity index (χ3v) is 3.91. The Balaban J connectivity index is 3.09. The van der Waals surface area contributed by atoms with Crippen molar-refractivity contribution in [2.75, 3.05) is 13.7 Å². The van der Waals surface area contributed by atoms with Gasteiger partial charge in [0.1, 0.15) is 24.9 Å². The summed E-state index contributed by atoms with van der Waals surface area (Å²) in [7, 11) is 1.29. The van der Waals surface area contributed by atoms with Crippen LogP contribution in [0.25, 0.3) is 0 Å². The van der Waals surface area contributed by atoms with Crippen LogP contribution in [0.2, 0.25) is 0 Å². The van der Waals surface area contributed by atoms with Gasteiger partial charge in [0, 0.05) is 20.3 Å². The van der Waals surface area contributed by atoms with E-state index in [9.17, 15) is 34.8 Å². The van der Waals surface area contributed by atoms with Crippen LogP contribution in [-0.2, 0) is 23.9 Å². The molecule has 1 aliphatic heterocycles. The zero-order valence-electron chi connectivity index (χ0n) is 14.1. The molecule has 1 heterocycles. The third kappa shape index (κ3) is 5.09. The first kappa shape index (κ1) is 21.3. The predicted octanol–water partition coefficient (Wildman–Crippen LogP) is -3.07. The number of hydrogen-bond acceptors (Lipinski definition) is 9. The zero-order valence-corrected chi connectivity index (χ0v) is 14.1. The van der Waals surface area contributed by atoms with Gasteiger partial charge in [0.25, 0.3) is 0 Å². The number of likely N-dealkylation sites (N-methyl/N-ethyl adjacent to an activating group) is 1. The SMILES string of the molecule is CNC1(C(=O)O)CC(O)C(NC(C)=O)C(C(O)C(O)COC(C)=O)O1. The van der Waals surface area contributed by atoms with Gasteiger partial charge in [-0.25, -0.2) is 4.79 Å². The molecule has 11 heteroatoms. The molecule has 1 rings (SSSR count). The van der Waals surface area contributed by atoms with Crippen LogP contribution in [0.1, 0.15) is 20.3 Å². The quantitative estimate of drug-likeness (QED) is 0.254. The lowest BCUT2D eigenvalue weighted by Crippen LogP contribution is -2.70. The summed E-state index contributed by atoms with van der Waals surface area (Å²) in [5, 5.41) is 44.7. The van der Waals surface area contributed by atoms with E-state index in [0.29, 0.717) is 0 Å². The van der Waals surface area contributed by atoms with Crippen molar-refractivity contribution in [2.45, 2.75) is 56.5 Å². The minimum atomic E-state index is -2.03. The van der Waals surface area contributed by atoms with Crippen LogP contribution >= 0.6 is 0 Å². The third-order valence-electron chi connectivity index (χ3n) is 3.91. The average Bonchev–Trinajstić information content (AvgIpc) is 2.52. The van der Waals surface area contributed by atoms with Gasteiger partial charge in [-0.3, -0.25) is 14.9 Å². The van der Waals surface area contributed by atoms with Crippen LogP contribution in [0.5, 0.6) is 0 Å². The molecule has 1 amide bonds. The molecule has 6 unspecified atom stereocenters. The highest BCUT2D eigenvalue weighted by atomic mass is 16.6. The van der Waals surface area contributed by atoms with Crippen LogP contribution < -0.4 is 10.6 Å². The highest BCUT2D eigenvalue weighted by Crippen LogP contribution is 2.30. The molecule has 0 aromatic carbocycles. The van der Waals surface area contributed by atoms with Crippen LogP contribution in [-0.4, -0.2) is 88.1 Å². The average molecular weight is 364 g/mol. The number of carbonyl (C=O) groups is 3. The van der Waals surface area contributed by atoms with E-state index in [0.717, 1.165) is 6.92 Å². The van der Waals surface area contributed by atoms with E-state index in [1.165, 1.54) is 14.0 Å². The van der Waals surface area contributed by atoms with E-state index in [4.69, 9.17) is 4.74 Å². The summed E-state index contributed by atoms with van der Waals surface area (Å²) in [5.74, 6) is -2.68. The number of rotatable bonds is 7. The molecule has 0 aliphatic carbocycles. The van der Waals surface area contributed by atoms with Gasteiger partial charge >= 0.3 is 11.9 Å². The van der Waals surface area contributed by atoms with Crippen molar-refractivity contribution in [3.8, 4) is 0 Å². The maximum atomic E-state index is 11.5. The molecule has 25 heavy (non-hydrogen) atoms. The number of esters is 1. The monoisotopic (exact) mass is 364 g/mol. The Morgan fingerprint density at radius 3 is 2.36 bits per heavy atom. The molecule has 144 valence electrons. The number of carbonyl (C=O) groups excluding carboxylic acids is 2. The topological polar surface area (TPSA) is 175 Å². The van der Waals surface area contributed by atoms with Crippen molar-refractivity contribution >= 4 is 17.8 Å². The first-order valence-corrected chi connectivity index (χ1v) is 7.59. The summed E-state index contributed by atoms with van der Waals surface area (Å²) in [6, 6.07) is -1.18. The first-order chi connectivity index (χ1) is 11.5. The lowest BCUT2D eigenvalue weighted by atomic mass is 9.87. The summed E-state index contributed by atoms with van der Waals surface area (Å²) >= 11 is 0. The van der Waals surface area contributed by atoms with Crippen molar-refractivity contribution in [3.05, 3.63) is 0 Å². The van der Waals surface area contributed by atoms with Crippen molar-refractivity contribution in [1.82, 2.24) is 10.6 Å². The first-order valence-electron chi connectivity index (χ1n) is 7.59. The lowest BCUT2D eigenvalue weighted by Gasteiger charge is -2.46. The molecule has 1 saturated heterocycles. The number of ether oxygens (including phenoxy) is 2. The number of carboxylic acids is 1.